The number of methoxy groups -OCH3 is 1. The van der Waals surface area contributed by atoms with Gasteiger partial charge in [0.05, 0.1) is 7.11 Å². The maximum atomic E-state index is 11.5. The van der Waals surface area contributed by atoms with E-state index in [1.54, 1.807) is 0 Å². The number of hydrogen-bond donors (Lipinski definition) is 0. The molecule has 0 bridgehead atoms. The quantitative estimate of drug-likeness (QED) is 0.604. The molecule has 2 rings (SSSR count). The van der Waals surface area contributed by atoms with Crippen molar-refractivity contribution in [2.75, 3.05) is 27.2 Å². The van der Waals surface area contributed by atoms with Crippen LogP contribution in [0.2, 0.25) is 5.15 Å². The highest BCUT2D eigenvalue weighted by Gasteiger charge is 2.22. The second kappa shape index (κ2) is 5.63. The summed E-state index contributed by atoms with van der Waals surface area (Å²) in [7, 11) is 3.42. The Morgan fingerprint density at radius 2 is 2.11 bits per heavy atom. The van der Waals surface area contributed by atoms with Gasteiger partial charge in [0.15, 0.2) is 5.69 Å². The van der Waals surface area contributed by atoms with Crippen molar-refractivity contribution >= 4 is 17.6 Å². The molecule has 0 N–H and O–H groups in total. The lowest BCUT2D eigenvalue weighted by atomic mass is 9.96. The molecule has 0 aliphatic carbocycles. The number of ether oxygens (including phenoxy) is 1. The Balaban J connectivity index is 2.22. The lowest BCUT2D eigenvalue weighted by Crippen LogP contribution is -2.30. The summed E-state index contributed by atoms with van der Waals surface area (Å²) in [4.78, 5) is 22.2. The monoisotopic (exact) mass is 269 g/mol. The molecule has 0 atom stereocenters. The fourth-order valence-corrected chi connectivity index (χ4v) is 2.28. The summed E-state index contributed by atoms with van der Waals surface area (Å²) in [5.41, 5.74) is 0.228. The summed E-state index contributed by atoms with van der Waals surface area (Å²) in [6.45, 7) is 2.02. The van der Waals surface area contributed by atoms with Gasteiger partial charge in [0, 0.05) is 12.0 Å². The van der Waals surface area contributed by atoms with Gasteiger partial charge in [0.25, 0.3) is 0 Å². The Hall–Kier alpha value is -1.20. The summed E-state index contributed by atoms with van der Waals surface area (Å²) in [6.07, 6.45) is 1.97. The van der Waals surface area contributed by atoms with Gasteiger partial charge in [-0.25, -0.2) is 14.8 Å². The second-order valence-corrected chi connectivity index (χ2v) is 4.89. The van der Waals surface area contributed by atoms with Gasteiger partial charge in [-0.15, -0.1) is 0 Å². The molecule has 1 aliphatic rings. The summed E-state index contributed by atoms with van der Waals surface area (Å²) in [6, 6.07) is 1.44. The standard InChI is InChI=1S/C12H16ClN3O2/c1-16-5-3-8(4-6-16)11-14-9(12(17)18-2)7-10(13)15-11/h7-8H,3-6H2,1-2H3. The zero-order valence-corrected chi connectivity index (χ0v) is 11.3. The zero-order chi connectivity index (χ0) is 13.1. The second-order valence-electron chi connectivity index (χ2n) is 4.50. The van der Waals surface area contributed by atoms with Crippen molar-refractivity contribution in [1.82, 2.24) is 14.9 Å². The molecule has 0 spiro atoms. The van der Waals surface area contributed by atoms with E-state index in [1.165, 1.54) is 13.2 Å². The third-order valence-corrected chi connectivity index (χ3v) is 3.38. The molecule has 98 valence electrons. The van der Waals surface area contributed by atoms with Gasteiger partial charge in [-0.2, -0.15) is 0 Å². The third kappa shape index (κ3) is 2.97. The van der Waals surface area contributed by atoms with Crippen molar-refractivity contribution in [1.29, 1.82) is 0 Å². The highest BCUT2D eigenvalue weighted by molar-refractivity contribution is 6.29. The molecule has 1 aromatic heterocycles. The molecule has 1 saturated heterocycles. The van der Waals surface area contributed by atoms with Gasteiger partial charge in [-0.3, -0.25) is 0 Å². The number of carbonyl (C=O) groups excluding carboxylic acids is 1. The molecular weight excluding hydrogens is 254 g/mol. The maximum absolute atomic E-state index is 11.5. The summed E-state index contributed by atoms with van der Waals surface area (Å²) < 4.78 is 4.65. The molecule has 1 aromatic rings. The Morgan fingerprint density at radius 1 is 1.44 bits per heavy atom. The van der Waals surface area contributed by atoms with Crippen LogP contribution in [0.25, 0.3) is 0 Å². The fraction of sp³-hybridized carbons (Fsp3) is 0.583. The Bertz CT molecular complexity index is 445. The van der Waals surface area contributed by atoms with Crippen molar-refractivity contribution in [3.05, 3.63) is 22.7 Å². The summed E-state index contributed by atoms with van der Waals surface area (Å²) in [5.74, 6) is 0.438. The van der Waals surface area contributed by atoms with Crippen molar-refractivity contribution < 1.29 is 9.53 Å². The molecule has 0 amide bonds. The molecule has 0 aromatic carbocycles. The fourth-order valence-electron chi connectivity index (χ4n) is 2.09. The molecule has 1 fully saturated rings. The Kier molecular flexibility index (Phi) is 4.14. The molecule has 0 unspecified atom stereocenters. The predicted molar refractivity (Wildman–Crippen MR) is 67.9 cm³/mol. The Morgan fingerprint density at radius 3 is 2.72 bits per heavy atom. The van der Waals surface area contributed by atoms with E-state index in [2.05, 4.69) is 26.7 Å². The van der Waals surface area contributed by atoms with E-state index >= 15 is 0 Å². The SMILES string of the molecule is COC(=O)c1cc(Cl)nc(C2CCN(C)CC2)n1. The average Bonchev–Trinajstić information content (AvgIpc) is 2.38. The molecule has 6 heteroatoms. The summed E-state index contributed by atoms with van der Waals surface area (Å²) >= 11 is 5.93. The number of piperidine rings is 1. The normalized spacial score (nSPS) is 17.7. The first kappa shape index (κ1) is 13.2. The maximum Gasteiger partial charge on any atom is 0.356 e. The van der Waals surface area contributed by atoms with E-state index in [0.717, 1.165) is 25.9 Å². The van der Waals surface area contributed by atoms with Gasteiger partial charge in [0.1, 0.15) is 11.0 Å². The highest BCUT2D eigenvalue weighted by atomic mass is 35.5. The van der Waals surface area contributed by atoms with Crippen LogP contribution in [0.3, 0.4) is 0 Å². The van der Waals surface area contributed by atoms with Crippen molar-refractivity contribution in [2.24, 2.45) is 0 Å². The van der Waals surface area contributed by atoms with E-state index in [0.29, 0.717) is 11.0 Å². The smallest absolute Gasteiger partial charge is 0.356 e. The van der Waals surface area contributed by atoms with Gasteiger partial charge in [0.2, 0.25) is 0 Å². The van der Waals surface area contributed by atoms with Crippen LogP contribution < -0.4 is 0 Å². The highest BCUT2D eigenvalue weighted by Crippen LogP contribution is 2.26. The number of aromatic nitrogens is 2. The molecule has 2 heterocycles. The molecular formula is C12H16ClN3O2. The van der Waals surface area contributed by atoms with Crippen LogP contribution in [-0.4, -0.2) is 48.1 Å². The van der Waals surface area contributed by atoms with Gasteiger partial charge in [-0.05, 0) is 33.0 Å². The van der Waals surface area contributed by atoms with Crippen LogP contribution in [0, 0.1) is 0 Å². The number of hydrogen-bond acceptors (Lipinski definition) is 5. The van der Waals surface area contributed by atoms with Crippen LogP contribution in [0.1, 0.15) is 35.1 Å². The minimum absolute atomic E-state index is 0.228. The largest absolute Gasteiger partial charge is 0.464 e. The van der Waals surface area contributed by atoms with Gasteiger partial charge < -0.3 is 9.64 Å². The number of carbonyl (C=O) groups is 1. The number of likely N-dealkylation sites (tertiary alicyclic amines) is 1. The number of rotatable bonds is 2. The first-order chi connectivity index (χ1) is 8.60. The predicted octanol–water partition coefficient (Wildman–Crippen LogP) is 1.73. The zero-order valence-electron chi connectivity index (χ0n) is 10.5. The van der Waals surface area contributed by atoms with Crippen molar-refractivity contribution in [3.8, 4) is 0 Å². The molecule has 0 saturated carbocycles. The van der Waals surface area contributed by atoms with Crippen LogP contribution in [0.15, 0.2) is 6.07 Å². The van der Waals surface area contributed by atoms with E-state index in [1.807, 2.05) is 0 Å². The van der Waals surface area contributed by atoms with Crippen molar-refractivity contribution in [3.63, 3.8) is 0 Å². The average molecular weight is 270 g/mol. The molecule has 1 aliphatic heterocycles. The van der Waals surface area contributed by atoms with Crippen molar-refractivity contribution in [2.45, 2.75) is 18.8 Å². The van der Waals surface area contributed by atoms with Gasteiger partial charge in [-0.1, -0.05) is 11.6 Å². The number of nitrogens with zero attached hydrogens (tertiary/aromatic N) is 3. The third-order valence-electron chi connectivity index (χ3n) is 3.19. The van der Waals surface area contributed by atoms with E-state index in [4.69, 9.17) is 11.6 Å². The summed E-state index contributed by atoms with van der Waals surface area (Å²) in [5, 5.41) is 0.291. The minimum atomic E-state index is -0.478. The molecule has 5 nitrogen and oxygen atoms in total. The van der Waals surface area contributed by atoms with E-state index in [-0.39, 0.29) is 11.6 Å². The molecule has 18 heavy (non-hydrogen) atoms. The Labute approximate surface area is 111 Å². The van der Waals surface area contributed by atoms with E-state index < -0.39 is 5.97 Å². The van der Waals surface area contributed by atoms with Crippen LogP contribution in [0.5, 0.6) is 0 Å². The molecule has 0 radical (unpaired) electrons. The topological polar surface area (TPSA) is 55.3 Å². The van der Waals surface area contributed by atoms with Crippen LogP contribution in [0.4, 0.5) is 0 Å². The number of halogens is 1. The van der Waals surface area contributed by atoms with Crippen LogP contribution >= 0.6 is 11.6 Å². The number of esters is 1. The van der Waals surface area contributed by atoms with Crippen LogP contribution in [-0.2, 0) is 4.74 Å². The van der Waals surface area contributed by atoms with Gasteiger partial charge >= 0.3 is 5.97 Å². The minimum Gasteiger partial charge on any atom is -0.464 e. The lowest BCUT2D eigenvalue weighted by Gasteiger charge is -2.28. The first-order valence-corrected chi connectivity index (χ1v) is 6.29. The lowest BCUT2D eigenvalue weighted by molar-refractivity contribution is 0.0593. The first-order valence-electron chi connectivity index (χ1n) is 5.91. The van der Waals surface area contributed by atoms with E-state index in [9.17, 15) is 4.79 Å².